The lowest BCUT2D eigenvalue weighted by Gasteiger charge is -2.33. The van der Waals surface area contributed by atoms with Gasteiger partial charge in [0, 0.05) is 47.3 Å². The van der Waals surface area contributed by atoms with Crippen LogP contribution in [0.5, 0.6) is 0 Å². The SMILES string of the molecule is c1ccc(C2(c3ccccc3)c3ccccc3-c3cc4c(cc32)c2ncccc2n4-c2cccc(-c3ccccn3)n2)cc1.c1ccc(C2(c3ccccc3)c3ccccc3-c3cc4c(cc32)c2ncccc2n4-c2cccc(-c3cccnc3)n2)cc1. The van der Waals surface area contributed by atoms with Crippen LogP contribution >= 0.6 is 0 Å². The predicted molar refractivity (Wildman–Crippen MR) is 354 cm³/mol. The van der Waals surface area contributed by atoms with Gasteiger partial charge in [0.1, 0.15) is 11.6 Å². The van der Waals surface area contributed by atoms with E-state index in [0.29, 0.717) is 0 Å². The average molecular weight is 1130 g/mol. The second-order valence-electron chi connectivity index (χ2n) is 22.5. The van der Waals surface area contributed by atoms with Crippen molar-refractivity contribution in [3.05, 3.63) is 361 Å². The van der Waals surface area contributed by atoms with Gasteiger partial charge in [-0.25, -0.2) is 9.97 Å². The van der Waals surface area contributed by atoms with Gasteiger partial charge in [0.2, 0.25) is 0 Å². The molecule has 0 amide bonds. The third-order valence-electron chi connectivity index (χ3n) is 18.0. The minimum absolute atomic E-state index is 0.468. The fourth-order valence-electron chi connectivity index (χ4n) is 14.5. The summed E-state index contributed by atoms with van der Waals surface area (Å²) in [5.41, 5.74) is 23.8. The Morgan fingerprint density at radius 1 is 0.273 bits per heavy atom. The second kappa shape index (κ2) is 20.5. The van der Waals surface area contributed by atoms with Gasteiger partial charge in [-0.05, 0) is 164 Å². The molecule has 412 valence electrons. The minimum Gasteiger partial charge on any atom is -0.292 e. The molecule has 0 atom stereocenters. The Morgan fingerprint density at radius 2 is 0.693 bits per heavy atom. The summed E-state index contributed by atoms with van der Waals surface area (Å²) in [4.78, 5) is 29.0. The van der Waals surface area contributed by atoms with Crippen LogP contribution in [0.3, 0.4) is 0 Å². The van der Waals surface area contributed by atoms with Gasteiger partial charge in [-0.2, -0.15) is 0 Å². The smallest absolute Gasteiger partial charge is 0.138 e. The van der Waals surface area contributed by atoms with Crippen LogP contribution in [-0.2, 0) is 10.8 Å². The van der Waals surface area contributed by atoms with Crippen LogP contribution in [0.4, 0.5) is 0 Å². The van der Waals surface area contributed by atoms with Crippen molar-refractivity contribution >= 4 is 43.9 Å². The van der Waals surface area contributed by atoms with Crippen LogP contribution in [0, 0.1) is 0 Å². The summed E-state index contributed by atoms with van der Waals surface area (Å²) in [7, 11) is 0. The number of rotatable bonds is 8. The molecule has 0 saturated carbocycles. The highest BCUT2D eigenvalue weighted by atomic mass is 15.1. The molecule has 18 rings (SSSR count). The van der Waals surface area contributed by atoms with Crippen molar-refractivity contribution in [2.75, 3.05) is 0 Å². The normalized spacial score (nSPS) is 13.2. The lowest BCUT2D eigenvalue weighted by molar-refractivity contribution is 0.769. The molecule has 8 aromatic carbocycles. The Labute approximate surface area is 508 Å². The molecule has 2 aliphatic rings. The van der Waals surface area contributed by atoms with Crippen LogP contribution in [0.15, 0.2) is 316 Å². The molecule has 8 aromatic heterocycles. The number of benzene rings is 8. The Morgan fingerprint density at radius 3 is 1.16 bits per heavy atom. The van der Waals surface area contributed by atoms with Crippen LogP contribution in [0.25, 0.3) is 100 Å². The molecule has 0 saturated heterocycles. The van der Waals surface area contributed by atoms with Crippen LogP contribution in [-0.4, -0.2) is 39.0 Å². The molecule has 8 heteroatoms. The summed E-state index contributed by atoms with van der Waals surface area (Å²) in [6.07, 6.45) is 9.22. The third-order valence-corrected chi connectivity index (χ3v) is 18.0. The number of hydrogen-bond acceptors (Lipinski definition) is 6. The van der Waals surface area contributed by atoms with E-state index in [0.717, 1.165) is 78.2 Å². The van der Waals surface area contributed by atoms with Crippen LogP contribution in [0.1, 0.15) is 44.5 Å². The van der Waals surface area contributed by atoms with E-state index in [1.54, 1.807) is 12.4 Å². The van der Waals surface area contributed by atoms with E-state index in [1.807, 2.05) is 73.2 Å². The molecule has 0 N–H and O–H groups in total. The average Bonchev–Trinajstić information content (AvgIpc) is 1.55. The summed E-state index contributed by atoms with van der Waals surface area (Å²) in [5, 5.41) is 2.21. The quantitative estimate of drug-likeness (QED) is 0.151. The van der Waals surface area contributed by atoms with E-state index in [1.165, 1.54) is 66.8 Å². The summed E-state index contributed by atoms with van der Waals surface area (Å²) in [5.74, 6) is 1.69. The Bertz CT molecular complexity index is 4900. The largest absolute Gasteiger partial charge is 0.292 e. The Kier molecular flexibility index (Phi) is 11.8. The standard InChI is InChI=1S/2C40H26N4/c1-3-13-28(14-4-1)40(29-15-5-2-6-16-29)33-18-8-7-17-30(33)31-25-37-32(24-34(31)40)39-36(20-11-23-42-39)44(37)38-21-9-19-35(43-38)27-12-10-22-41-26-27;1-3-13-27(14-4-1)40(28-15-5-2-6-16-28)32-18-8-7-17-29(32)30-26-37-31(25-33(30)40)39-36(21-12-24-42-39)44(37)38-22-11-20-35(43-38)34-19-9-10-23-41-34/h2*1-26H. The van der Waals surface area contributed by atoms with Gasteiger partial charge in [0.25, 0.3) is 0 Å². The first-order chi connectivity index (χ1) is 43.7. The zero-order valence-corrected chi connectivity index (χ0v) is 47.6. The van der Waals surface area contributed by atoms with E-state index in [4.69, 9.17) is 19.9 Å². The Balaban J connectivity index is 0.000000137. The fraction of sp³-hybridized carbons (Fsp3) is 0.0250. The molecule has 8 heterocycles. The second-order valence-corrected chi connectivity index (χ2v) is 22.5. The van der Waals surface area contributed by atoms with Gasteiger partial charge >= 0.3 is 0 Å². The van der Waals surface area contributed by atoms with Gasteiger partial charge in [-0.15, -0.1) is 0 Å². The highest BCUT2D eigenvalue weighted by molar-refractivity contribution is 6.11. The van der Waals surface area contributed by atoms with Crippen molar-refractivity contribution in [1.82, 2.24) is 39.0 Å². The first-order valence-corrected chi connectivity index (χ1v) is 29.7. The highest BCUT2D eigenvalue weighted by Gasteiger charge is 2.48. The molecule has 0 aliphatic heterocycles. The highest BCUT2D eigenvalue weighted by Crippen LogP contribution is 2.59. The minimum atomic E-state index is -0.469. The van der Waals surface area contributed by atoms with Gasteiger partial charge in [0.05, 0.1) is 61.0 Å². The van der Waals surface area contributed by atoms with Crippen molar-refractivity contribution in [1.29, 1.82) is 0 Å². The zero-order valence-electron chi connectivity index (χ0n) is 47.6. The number of nitrogens with zero attached hydrogens (tertiary/aromatic N) is 8. The van der Waals surface area contributed by atoms with Gasteiger partial charge in [-0.1, -0.05) is 188 Å². The molecule has 0 spiro atoms. The zero-order chi connectivity index (χ0) is 58.2. The van der Waals surface area contributed by atoms with Crippen molar-refractivity contribution < 1.29 is 0 Å². The molecule has 0 radical (unpaired) electrons. The topological polar surface area (TPSA) is 87.2 Å². The molecule has 2 aliphatic carbocycles. The lowest BCUT2D eigenvalue weighted by atomic mass is 9.67. The predicted octanol–water partition coefficient (Wildman–Crippen LogP) is 18.0. The summed E-state index contributed by atoms with van der Waals surface area (Å²) in [6, 6.07) is 101. The maximum absolute atomic E-state index is 5.14. The number of hydrogen-bond donors (Lipinski definition) is 0. The third kappa shape index (κ3) is 7.65. The molecule has 0 bridgehead atoms. The van der Waals surface area contributed by atoms with Gasteiger partial charge in [0.15, 0.2) is 0 Å². The van der Waals surface area contributed by atoms with Crippen LogP contribution in [0.2, 0.25) is 0 Å². The van der Waals surface area contributed by atoms with E-state index in [2.05, 4.69) is 250 Å². The maximum Gasteiger partial charge on any atom is 0.138 e. The molecule has 16 aromatic rings. The van der Waals surface area contributed by atoms with Crippen molar-refractivity contribution in [2.24, 2.45) is 0 Å². The molecule has 88 heavy (non-hydrogen) atoms. The molecule has 0 unspecified atom stereocenters. The number of aromatic nitrogens is 8. The van der Waals surface area contributed by atoms with Gasteiger partial charge < -0.3 is 0 Å². The van der Waals surface area contributed by atoms with E-state index >= 15 is 0 Å². The van der Waals surface area contributed by atoms with E-state index in [-0.39, 0.29) is 0 Å². The molecule has 8 nitrogen and oxygen atoms in total. The lowest BCUT2D eigenvalue weighted by Crippen LogP contribution is -2.28. The first-order valence-electron chi connectivity index (χ1n) is 29.7. The number of fused-ring (bicyclic) bond motifs is 12. The molecular formula is C80H52N8. The molecule has 0 fully saturated rings. The van der Waals surface area contributed by atoms with Crippen LogP contribution < -0.4 is 0 Å². The summed E-state index contributed by atoms with van der Waals surface area (Å²) >= 11 is 0. The Hall–Kier alpha value is -11.7. The number of pyridine rings is 6. The van der Waals surface area contributed by atoms with Crippen molar-refractivity contribution in [3.8, 4) is 56.5 Å². The van der Waals surface area contributed by atoms with E-state index < -0.39 is 10.8 Å². The fourth-order valence-corrected chi connectivity index (χ4v) is 14.5. The van der Waals surface area contributed by atoms with Gasteiger partial charge in [-0.3, -0.25) is 29.1 Å². The van der Waals surface area contributed by atoms with Crippen molar-refractivity contribution in [2.45, 2.75) is 10.8 Å². The van der Waals surface area contributed by atoms with E-state index in [9.17, 15) is 0 Å². The van der Waals surface area contributed by atoms with Crippen molar-refractivity contribution in [3.63, 3.8) is 0 Å². The molecular weight excluding hydrogens is 1070 g/mol. The first kappa shape index (κ1) is 50.7. The monoisotopic (exact) mass is 1120 g/mol. The maximum atomic E-state index is 5.14. The summed E-state index contributed by atoms with van der Waals surface area (Å²) in [6.45, 7) is 0. The summed E-state index contributed by atoms with van der Waals surface area (Å²) < 4.78 is 4.50.